The minimum atomic E-state index is 0.967. The predicted octanol–water partition coefficient (Wildman–Crippen LogP) is 3.06. The third kappa shape index (κ3) is 3.29. The van der Waals surface area contributed by atoms with Gasteiger partial charge in [-0.15, -0.1) is 0 Å². The number of nitrogens with zero attached hydrogens (tertiary/aromatic N) is 2. The Hall–Kier alpha value is -1.18. The van der Waals surface area contributed by atoms with Crippen molar-refractivity contribution in [3.05, 3.63) is 23.8 Å². The highest BCUT2D eigenvalue weighted by molar-refractivity contribution is 6.51. The molecule has 0 N–H and O–H groups in total. The van der Waals surface area contributed by atoms with E-state index in [4.69, 9.17) is 0 Å². The summed E-state index contributed by atoms with van der Waals surface area (Å²) in [6.45, 7) is 6.14. The molecule has 1 aliphatic carbocycles. The highest BCUT2D eigenvalue weighted by Crippen LogP contribution is 2.09. The average molecular weight is 192 g/mol. The smallest absolute Gasteiger partial charge is 0.0825 e. The lowest BCUT2D eigenvalue weighted by atomic mass is 10.0. The van der Waals surface area contributed by atoms with Crippen LogP contribution in [0.2, 0.25) is 0 Å². The van der Waals surface area contributed by atoms with Crippen molar-refractivity contribution in [2.45, 2.75) is 27.2 Å². The molecular formula is C12H20N2. The molecule has 0 bridgehead atoms. The first-order valence-corrected chi connectivity index (χ1v) is 5.14. The van der Waals surface area contributed by atoms with Gasteiger partial charge in [0.1, 0.15) is 0 Å². The molecule has 14 heavy (non-hydrogen) atoms. The lowest BCUT2D eigenvalue weighted by Gasteiger charge is -2.07. The van der Waals surface area contributed by atoms with E-state index in [1.165, 1.54) is 5.57 Å². The van der Waals surface area contributed by atoms with Crippen LogP contribution in [0.1, 0.15) is 27.2 Å². The highest BCUT2D eigenvalue weighted by Gasteiger charge is 2.06. The molecule has 0 heterocycles. The van der Waals surface area contributed by atoms with Gasteiger partial charge in [0, 0.05) is 14.1 Å². The predicted molar refractivity (Wildman–Crippen MR) is 65.6 cm³/mol. The Kier molecular flexibility index (Phi) is 6.63. The molecule has 0 aromatic heterocycles. The monoisotopic (exact) mass is 192 g/mol. The van der Waals surface area contributed by atoms with E-state index in [9.17, 15) is 0 Å². The molecule has 1 aliphatic rings. The fourth-order valence-electron chi connectivity index (χ4n) is 1.16. The van der Waals surface area contributed by atoms with Crippen LogP contribution in [0.15, 0.2) is 33.8 Å². The molecule has 1 rings (SSSR count). The van der Waals surface area contributed by atoms with Crippen LogP contribution in [0.4, 0.5) is 0 Å². The van der Waals surface area contributed by atoms with E-state index in [1.807, 2.05) is 19.9 Å². The third-order valence-electron chi connectivity index (χ3n) is 1.93. The first-order chi connectivity index (χ1) is 6.81. The lowest BCUT2D eigenvalue weighted by Crippen LogP contribution is -2.12. The molecule has 0 spiro atoms. The SMILES string of the molecule is CC.CCC1=CC(=NC)C(=NC)C=C1. The van der Waals surface area contributed by atoms with Gasteiger partial charge in [-0.1, -0.05) is 26.8 Å². The Labute approximate surface area is 87.2 Å². The minimum Gasteiger partial charge on any atom is -0.286 e. The molecule has 0 aromatic carbocycles. The summed E-state index contributed by atoms with van der Waals surface area (Å²) in [5.41, 5.74) is 3.26. The quantitative estimate of drug-likeness (QED) is 0.570. The van der Waals surface area contributed by atoms with E-state index in [0.717, 1.165) is 17.8 Å². The van der Waals surface area contributed by atoms with Gasteiger partial charge in [-0.25, -0.2) is 0 Å². The maximum Gasteiger partial charge on any atom is 0.0825 e. The molecule has 0 saturated heterocycles. The molecule has 0 fully saturated rings. The number of hydrogen-bond acceptors (Lipinski definition) is 2. The molecule has 0 unspecified atom stereocenters. The summed E-state index contributed by atoms with van der Waals surface area (Å²) in [6.07, 6.45) is 7.24. The zero-order valence-electron chi connectivity index (χ0n) is 9.83. The second kappa shape index (κ2) is 7.25. The molecular weight excluding hydrogens is 172 g/mol. The summed E-state index contributed by atoms with van der Waals surface area (Å²) in [5.74, 6) is 0. The Morgan fingerprint density at radius 3 is 2.00 bits per heavy atom. The summed E-state index contributed by atoms with van der Waals surface area (Å²) >= 11 is 0. The van der Waals surface area contributed by atoms with Gasteiger partial charge in [0.15, 0.2) is 0 Å². The number of aliphatic imine (C=N–C) groups is 2. The molecule has 78 valence electrons. The normalized spacial score (nSPS) is 20.5. The van der Waals surface area contributed by atoms with Crippen LogP contribution >= 0.6 is 0 Å². The van der Waals surface area contributed by atoms with Crippen LogP contribution in [0.3, 0.4) is 0 Å². The second-order valence-electron chi connectivity index (χ2n) is 2.62. The van der Waals surface area contributed by atoms with Gasteiger partial charge < -0.3 is 0 Å². The molecule has 0 aliphatic heterocycles. The summed E-state index contributed by atoms with van der Waals surface area (Å²) in [5, 5.41) is 0. The first-order valence-electron chi connectivity index (χ1n) is 5.14. The van der Waals surface area contributed by atoms with Gasteiger partial charge >= 0.3 is 0 Å². The summed E-state index contributed by atoms with van der Waals surface area (Å²) in [6, 6.07) is 0. The molecule has 0 aromatic rings. The van der Waals surface area contributed by atoms with Crippen LogP contribution in [-0.2, 0) is 0 Å². The highest BCUT2D eigenvalue weighted by atomic mass is 14.8. The van der Waals surface area contributed by atoms with Gasteiger partial charge in [-0.2, -0.15) is 0 Å². The van der Waals surface area contributed by atoms with Crippen LogP contribution in [-0.4, -0.2) is 25.5 Å². The maximum absolute atomic E-state index is 4.16. The van der Waals surface area contributed by atoms with Crippen molar-refractivity contribution in [3.8, 4) is 0 Å². The fraction of sp³-hybridized carbons (Fsp3) is 0.500. The van der Waals surface area contributed by atoms with Gasteiger partial charge in [-0.3, -0.25) is 9.98 Å². The van der Waals surface area contributed by atoms with Crippen molar-refractivity contribution in [2.24, 2.45) is 9.98 Å². The van der Waals surface area contributed by atoms with Gasteiger partial charge in [0.2, 0.25) is 0 Å². The van der Waals surface area contributed by atoms with Gasteiger partial charge in [0.25, 0.3) is 0 Å². The summed E-state index contributed by atoms with van der Waals surface area (Å²) in [7, 11) is 3.58. The molecule has 2 nitrogen and oxygen atoms in total. The number of rotatable bonds is 1. The Bertz CT molecular complexity index is 281. The van der Waals surface area contributed by atoms with Gasteiger partial charge in [-0.05, 0) is 24.1 Å². The van der Waals surface area contributed by atoms with Crippen molar-refractivity contribution in [1.29, 1.82) is 0 Å². The average Bonchev–Trinajstić information content (AvgIpc) is 2.30. The molecule has 0 saturated carbocycles. The Morgan fingerprint density at radius 1 is 1.00 bits per heavy atom. The van der Waals surface area contributed by atoms with Crippen LogP contribution in [0.5, 0.6) is 0 Å². The molecule has 0 amide bonds. The fourth-order valence-corrected chi connectivity index (χ4v) is 1.16. The van der Waals surface area contributed by atoms with Gasteiger partial charge in [0.05, 0.1) is 11.4 Å². The summed E-state index contributed by atoms with van der Waals surface area (Å²) in [4.78, 5) is 8.28. The van der Waals surface area contributed by atoms with Crippen molar-refractivity contribution in [1.82, 2.24) is 0 Å². The van der Waals surface area contributed by atoms with Crippen molar-refractivity contribution in [3.63, 3.8) is 0 Å². The first kappa shape index (κ1) is 12.8. The largest absolute Gasteiger partial charge is 0.286 e. The van der Waals surface area contributed by atoms with Crippen molar-refractivity contribution >= 4 is 11.4 Å². The van der Waals surface area contributed by atoms with E-state index >= 15 is 0 Å². The van der Waals surface area contributed by atoms with Crippen molar-refractivity contribution < 1.29 is 0 Å². The van der Waals surface area contributed by atoms with Crippen LogP contribution in [0.25, 0.3) is 0 Å². The second-order valence-corrected chi connectivity index (χ2v) is 2.62. The van der Waals surface area contributed by atoms with Crippen molar-refractivity contribution in [2.75, 3.05) is 14.1 Å². The lowest BCUT2D eigenvalue weighted by molar-refractivity contribution is 1.15. The topological polar surface area (TPSA) is 24.7 Å². The van der Waals surface area contributed by atoms with E-state index in [0.29, 0.717) is 0 Å². The third-order valence-corrected chi connectivity index (χ3v) is 1.93. The Morgan fingerprint density at radius 2 is 1.57 bits per heavy atom. The zero-order valence-corrected chi connectivity index (χ0v) is 9.83. The van der Waals surface area contributed by atoms with Crippen LogP contribution in [0, 0.1) is 0 Å². The zero-order chi connectivity index (χ0) is 11.0. The molecule has 0 radical (unpaired) electrons. The molecule has 2 heteroatoms. The Balaban J connectivity index is 0.000000791. The van der Waals surface area contributed by atoms with E-state index in [-0.39, 0.29) is 0 Å². The number of hydrogen-bond donors (Lipinski definition) is 0. The van der Waals surface area contributed by atoms with Crippen LogP contribution < -0.4 is 0 Å². The van der Waals surface area contributed by atoms with E-state index in [1.54, 1.807) is 14.1 Å². The minimum absolute atomic E-state index is 0.967. The molecule has 0 atom stereocenters. The number of allylic oxidation sites excluding steroid dienone is 4. The van der Waals surface area contributed by atoms with E-state index < -0.39 is 0 Å². The van der Waals surface area contributed by atoms with E-state index in [2.05, 4.69) is 29.1 Å². The standard InChI is InChI=1S/C10H14N2.C2H6/c1-4-8-5-6-9(11-2)10(7-8)12-3;1-2/h5-7H,4H2,1-3H3;1-2H3. The summed E-state index contributed by atoms with van der Waals surface area (Å²) < 4.78 is 0. The maximum atomic E-state index is 4.16.